The average Bonchev–Trinajstić information content (AvgIpc) is 3.08. The molecule has 7 nitrogen and oxygen atoms in total. The first-order chi connectivity index (χ1) is 16.0. The van der Waals surface area contributed by atoms with Crippen LogP contribution in [0.3, 0.4) is 0 Å². The van der Waals surface area contributed by atoms with Gasteiger partial charge in [0.05, 0.1) is 30.2 Å². The van der Waals surface area contributed by atoms with Gasteiger partial charge in [-0.2, -0.15) is 0 Å². The second-order valence-corrected chi connectivity index (χ2v) is 8.07. The summed E-state index contributed by atoms with van der Waals surface area (Å²) in [6, 6.07) is 9.67. The Balaban J connectivity index is 1.90. The van der Waals surface area contributed by atoms with Gasteiger partial charge in [-0.25, -0.2) is 0 Å². The molecule has 1 aliphatic rings. The van der Waals surface area contributed by atoms with Gasteiger partial charge in [-0.1, -0.05) is 17.7 Å². The Morgan fingerprint density at radius 2 is 1.79 bits per heavy atom. The van der Waals surface area contributed by atoms with E-state index in [2.05, 4.69) is 0 Å². The standard InChI is InChI=1S/C25H26ClNO6/c1-4-31-19-9-7-15(13-20(19)32-5-2)22-21-23(28)17-14-16(26)8-10-18(17)33-24(21)25(29)27(22)11-6-12-30-3/h7-10,13-14,22H,4-6,11-12H2,1-3H3. The molecule has 1 amide bonds. The largest absolute Gasteiger partial charge is 0.490 e. The van der Waals surface area contributed by atoms with Crippen LogP contribution in [-0.4, -0.2) is 44.3 Å². The first-order valence-corrected chi connectivity index (χ1v) is 11.3. The summed E-state index contributed by atoms with van der Waals surface area (Å²) in [6.07, 6.45) is 0.613. The number of halogens is 1. The number of benzene rings is 2. The highest BCUT2D eigenvalue weighted by Gasteiger charge is 2.42. The molecule has 0 saturated carbocycles. The van der Waals surface area contributed by atoms with E-state index in [-0.39, 0.29) is 17.1 Å². The Hall–Kier alpha value is -3.03. The Labute approximate surface area is 196 Å². The number of hydrogen-bond acceptors (Lipinski definition) is 6. The fraction of sp³-hybridized carbons (Fsp3) is 0.360. The third-order valence-electron chi connectivity index (χ3n) is 5.56. The molecular weight excluding hydrogens is 446 g/mol. The Kier molecular flexibility index (Phi) is 6.91. The van der Waals surface area contributed by atoms with Crippen molar-refractivity contribution in [2.75, 3.05) is 33.5 Å². The lowest BCUT2D eigenvalue weighted by molar-refractivity contribution is 0.0707. The van der Waals surface area contributed by atoms with Gasteiger partial charge in [-0.3, -0.25) is 9.59 Å². The summed E-state index contributed by atoms with van der Waals surface area (Å²) >= 11 is 6.14. The number of nitrogens with zero attached hydrogens (tertiary/aromatic N) is 1. The predicted octanol–water partition coefficient (Wildman–Crippen LogP) is 4.83. The summed E-state index contributed by atoms with van der Waals surface area (Å²) in [5.41, 5.74) is 1.10. The van der Waals surface area contributed by atoms with E-state index in [4.69, 9.17) is 30.2 Å². The zero-order valence-electron chi connectivity index (χ0n) is 18.9. The van der Waals surface area contributed by atoms with Crippen molar-refractivity contribution in [2.45, 2.75) is 26.3 Å². The minimum atomic E-state index is -0.626. The number of fused-ring (bicyclic) bond motifs is 2. The molecule has 0 saturated heterocycles. The molecule has 4 rings (SSSR count). The first kappa shape index (κ1) is 23.1. The average molecular weight is 472 g/mol. The van der Waals surface area contributed by atoms with Crippen molar-refractivity contribution in [1.29, 1.82) is 0 Å². The van der Waals surface area contributed by atoms with E-state index < -0.39 is 6.04 Å². The molecule has 0 aliphatic carbocycles. The van der Waals surface area contributed by atoms with Crippen LogP contribution in [0, 0.1) is 0 Å². The summed E-state index contributed by atoms with van der Waals surface area (Å²) in [4.78, 5) is 28.6. The van der Waals surface area contributed by atoms with Crippen molar-refractivity contribution in [3.8, 4) is 11.5 Å². The fourth-order valence-corrected chi connectivity index (χ4v) is 4.36. The van der Waals surface area contributed by atoms with Crippen molar-refractivity contribution in [3.63, 3.8) is 0 Å². The SMILES string of the molecule is CCOc1ccc(C2c3c(oc4ccc(Cl)cc4c3=O)C(=O)N2CCCOC)cc1OCC. The highest BCUT2D eigenvalue weighted by atomic mass is 35.5. The monoisotopic (exact) mass is 471 g/mol. The van der Waals surface area contributed by atoms with Gasteiger partial charge in [0.2, 0.25) is 5.76 Å². The molecule has 1 atom stereocenters. The van der Waals surface area contributed by atoms with Crippen LogP contribution in [0.5, 0.6) is 11.5 Å². The van der Waals surface area contributed by atoms with Crippen molar-refractivity contribution in [3.05, 3.63) is 68.5 Å². The van der Waals surface area contributed by atoms with Gasteiger partial charge in [0, 0.05) is 25.3 Å². The molecule has 3 aromatic rings. The summed E-state index contributed by atoms with van der Waals surface area (Å²) < 4.78 is 22.6. The molecule has 0 fully saturated rings. The summed E-state index contributed by atoms with van der Waals surface area (Å²) in [5.74, 6) is 0.898. The zero-order chi connectivity index (χ0) is 23.5. The number of hydrogen-bond donors (Lipinski definition) is 0. The lowest BCUT2D eigenvalue weighted by atomic mass is 9.98. The summed E-state index contributed by atoms with van der Waals surface area (Å²) in [5, 5.41) is 0.765. The Bertz CT molecular complexity index is 1240. The number of methoxy groups -OCH3 is 1. The molecular formula is C25H26ClNO6. The lowest BCUT2D eigenvalue weighted by Crippen LogP contribution is -2.31. The van der Waals surface area contributed by atoms with Gasteiger partial charge in [-0.15, -0.1) is 0 Å². The van der Waals surface area contributed by atoms with Gasteiger partial charge < -0.3 is 23.5 Å². The number of rotatable bonds is 9. The third kappa shape index (κ3) is 4.30. The van der Waals surface area contributed by atoms with Gasteiger partial charge in [0.1, 0.15) is 5.58 Å². The quantitative estimate of drug-likeness (QED) is 0.416. The van der Waals surface area contributed by atoms with Crippen LogP contribution in [0.2, 0.25) is 5.02 Å². The van der Waals surface area contributed by atoms with Gasteiger partial charge in [-0.05, 0) is 56.2 Å². The topological polar surface area (TPSA) is 78.2 Å². The molecule has 8 heteroatoms. The van der Waals surface area contributed by atoms with E-state index in [1.807, 2.05) is 26.0 Å². The van der Waals surface area contributed by atoms with E-state index in [9.17, 15) is 9.59 Å². The normalized spacial score (nSPS) is 15.2. The lowest BCUT2D eigenvalue weighted by Gasteiger charge is -2.25. The van der Waals surface area contributed by atoms with Gasteiger partial charge in [0.25, 0.3) is 5.91 Å². The maximum absolute atomic E-state index is 13.6. The molecule has 1 aromatic heterocycles. The van der Waals surface area contributed by atoms with Crippen LogP contribution in [-0.2, 0) is 4.74 Å². The molecule has 1 aliphatic heterocycles. The van der Waals surface area contributed by atoms with E-state index in [1.165, 1.54) is 0 Å². The maximum Gasteiger partial charge on any atom is 0.290 e. The van der Waals surface area contributed by atoms with E-state index in [0.717, 1.165) is 5.56 Å². The summed E-state index contributed by atoms with van der Waals surface area (Å²) in [6.45, 7) is 5.61. The van der Waals surface area contributed by atoms with Crippen LogP contribution in [0.4, 0.5) is 0 Å². The molecule has 2 aromatic carbocycles. The molecule has 0 spiro atoms. The molecule has 33 heavy (non-hydrogen) atoms. The van der Waals surface area contributed by atoms with Crippen molar-refractivity contribution in [1.82, 2.24) is 4.90 Å². The molecule has 1 unspecified atom stereocenters. The van der Waals surface area contributed by atoms with Crippen LogP contribution >= 0.6 is 11.6 Å². The number of ether oxygens (including phenoxy) is 3. The smallest absolute Gasteiger partial charge is 0.290 e. The van der Waals surface area contributed by atoms with Crippen molar-refractivity contribution < 1.29 is 23.4 Å². The highest BCUT2D eigenvalue weighted by molar-refractivity contribution is 6.31. The van der Waals surface area contributed by atoms with Gasteiger partial charge in [0.15, 0.2) is 16.9 Å². The highest BCUT2D eigenvalue weighted by Crippen LogP contribution is 2.41. The van der Waals surface area contributed by atoms with Crippen LogP contribution in [0.15, 0.2) is 45.6 Å². The first-order valence-electron chi connectivity index (χ1n) is 11.0. The summed E-state index contributed by atoms with van der Waals surface area (Å²) in [7, 11) is 1.61. The van der Waals surface area contributed by atoms with Crippen LogP contribution in [0.25, 0.3) is 11.0 Å². The second-order valence-electron chi connectivity index (χ2n) is 7.63. The Morgan fingerprint density at radius 3 is 2.52 bits per heavy atom. The molecule has 0 bridgehead atoms. The van der Waals surface area contributed by atoms with Crippen LogP contribution in [0.1, 0.15) is 48.0 Å². The van der Waals surface area contributed by atoms with Crippen molar-refractivity contribution in [2.24, 2.45) is 0 Å². The number of carbonyl (C=O) groups excluding carboxylic acids is 1. The molecule has 174 valence electrons. The van der Waals surface area contributed by atoms with Crippen molar-refractivity contribution >= 4 is 28.5 Å². The molecule has 0 N–H and O–H groups in total. The van der Waals surface area contributed by atoms with Gasteiger partial charge >= 0.3 is 0 Å². The van der Waals surface area contributed by atoms with E-state index >= 15 is 0 Å². The number of amides is 1. The minimum Gasteiger partial charge on any atom is -0.490 e. The zero-order valence-corrected chi connectivity index (χ0v) is 19.6. The van der Waals surface area contributed by atoms with Crippen LogP contribution < -0.4 is 14.9 Å². The second kappa shape index (κ2) is 9.85. The third-order valence-corrected chi connectivity index (χ3v) is 5.79. The molecule has 0 radical (unpaired) electrons. The minimum absolute atomic E-state index is 0.0593. The predicted molar refractivity (Wildman–Crippen MR) is 126 cm³/mol. The van der Waals surface area contributed by atoms with E-state index in [0.29, 0.717) is 65.8 Å². The number of carbonyl (C=O) groups is 1. The maximum atomic E-state index is 13.6. The molecule has 2 heterocycles. The Morgan fingerprint density at radius 1 is 1.03 bits per heavy atom. The fourth-order valence-electron chi connectivity index (χ4n) is 4.19. The van der Waals surface area contributed by atoms with E-state index in [1.54, 1.807) is 36.3 Å².